The van der Waals surface area contributed by atoms with Crippen molar-refractivity contribution < 1.29 is 0 Å². The molecular weight excluding hydrogens is 202 g/mol. The predicted octanol–water partition coefficient (Wildman–Crippen LogP) is 1.71. The van der Waals surface area contributed by atoms with E-state index in [2.05, 4.69) is 21.8 Å². The van der Waals surface area contributed by atoms with Gasteiger partial charge >= 0.3 is 0 Å². The summed E-state index contributed by atoms with van der Waals surface area (Å²) in [5, 5.41) is 0. The van der Waals surface area contributed by atoms with Gasteiger partial charge in [-0.15, -0.1) is 0 Å². The van der Waals surface area contributed by atoms with Gasteiger partial charge in [0.2, 0.25) is 5.95 Å². The van der Waals surface area contributed by atoms with Crippen molar-refractivity contribution in [1.82, 2.24) is 9.97 Å². The fourth-order valence-electron chi connectivity index (χ4n) is 2.05. The van der Waals surface area contributed by atoms with Gasteiger partial charge in [-0.3, -0.25) is 9.78 Å². The topological polar surface area (TPSA) is 49.0 Å². The molecule has 2 rings (SSSR count). The molecule has 0 bridgehead atoms. The number of H-pyrrole nitrogens is 1. The SMILES string of the molecule is CCCCc1cnc(N2CCCC2)[nH]c1=O. The molecule has 0 atom stereocenters. The summed E-state index contributed by atoms with van der Waals surface area (Å²) in [5.41, 5.74) is 0.843. The van der Waals surface area contributed by atoms with Gasteiger partial charge in [-0.05, 0) is 25.7 Å². The van der Waals surface area contributed by atoms with E-state index in [1.54, 1.807) is 6.20 Å². The van der Waals surface area contributed by atoms with Gasteiger partial charge < -0.3 is 4.90 Å². The van der Waals surface area contributed by atoms with Crippen LogP contribution in [0.2, 0.25) is 0 Å². The Bertz CT molecular complexity index is 393. The van der Waals surface area contributed by atoms with Gasteiger partial charge in [0.05, 0.1) is 0 Å². The highest BCUT2D eigenvalue weighted by atomic mass is 16.1. The third kappa shape index (κ3) is 2.43. The van der Waals surface area contributed by atoms with Crippen LogP contribution in [0.15, 0.2) is 11.0 Å². The van der Waals surface area contributed by atoms with E-state index >= 15 is 0 Å². The molecule has 1 aromatic heterocycles. The van der Waals surface area contributed by atoms with E-state index in [0.29, 0.717) is 0 Å². The molecule has 2 heterocycles. The first-order valence-electron chi connectivity index (χ1n) is 6.14. The Balaban J connectivity index is 2.12. The van der Waals surface area contributed by atoms with Crippen molar-refractivity contribution in [3.05, 3.63) is 22.1 Å². The van der Waals surface area contributed by atoms with Crippen molar-refractivity contribution >= 4 is 5.95 Å². The summed E-state index contributed by atoms with van der Waals surface area (Å²) in [4.78, 5) is 21.2. The molecule has 88 valence electrons. The lowest BCUT2D eigenvalue weighted by Crippen LogP contribution is -2.25. The number of anilines is 1. The van der Waals surface area contributed by atoms with E-state index < -0.39 is 0 Å². The summed E-state index contributed by atoms with van der Waals surface area (Å²) in [5.74, 6) is 0.739. The van der Waals surface area contributed by atoms with Crippen LogP contribution in [0.4, 0.5) is 5.95 Å². The molecule has 1 fully saturated rings. The molecule has 1 aromatic rings. The second-order valence-electron chi connectivity index (χ2n) is 4.36. The maximum atomic E-state index is 11.8. The molecule has 0 amide bonds. The first kappa shape index (κ1) is 11.2. The Morgan fingerprint density at radius 2 is 2.19 bits per heavy atom. The Kier molecular flexibility index (Phi) is 3.59. The predicted molar refractivity (Wildman–Crippen MR) is 64.9 cm³/mol. The average molecular weight is 221 g/mol. The highest BCUT2D eigenvalue weighted by Crippen LogP contribution is 2.13. The van der Waals surface area contributed by atoms with Gasteiger partial charge in [-0.1, -0.05) is 13.3 Å². The van der Waals surface area contributed by atoms with Crippen LogP contribution in [0.25, 0.3) is 0 Å². The number of aryl methyl sites for hydroxylation is 1. The van der Waals surface area contributed by atoms with Gasteiger partial charge in [-0.25, -0.2) is 4.98 Å². The lowest BCUT2D eigenvalue weighted by atomic mass is 10.1. The van der Waals surface area contributed by atoms with Crippen molar-refractivity contribution in [2.45, 2.75) is 39.0 Å². The monoisotopic (exact) mass is 221 g/mol. The second kappa shape index (κ2) is 5.14. The molecule has 1 N–H and O–H groups in total. The molecule has 4 nitrogen and oxygen atoms in total. The lowest BCUT2D eigenvalue weighted by Gasteiger charge is -2.15. The number of nitrogens with one attached hydrogen (secondary N) is 1. The van der Waals surface area contributed by atoms with Crippen molar-refractivity contribution in [3.8, 4) is 0 Å². The largest absolute Gasteiger partial charge is 0.342 e. The third-order valence-electron chi connectivity index (χ3n) is 3.06. The quantitative estimate of drug-likeness (QED) is 0.842. The lowest BCUT2D eigenvalue weighted by molar-refractivity contribution is 0.776. The fourth-order valence-corrected chi connectivity index (χ4v) is 2.05. The molecule has 0 aliphatic carbocycles. The van der Waals surface area contributed by atoms with Crippen molar-refractivity contribution in [3.63, 3.8) is 0 Å². The molecule has 16 heavy (non-hydrogen) atoms. The van der Waals surface area contributed by atoms with Crippen LogP contribution in [0.5, 0.6) is 0 Å². The number of nitrogens with zero attached hydrogens (tertiary/aromatic N) is 2. The molecule has 0 spiro atoms. The zero-order valence-electron chi connectivity index (χ0n) is 9.83. The number of hydrogen-bond acceptors (Lipinski definition) is 3. The first-order valence-corrected chi connectivity index (χ1v) is 6.14. The highest BCUT2D eigenvalue weighted by Gasteiger charge is 2.14. The van der Waals surface area contributed by atoms with Crippen LogP contribution in [-0.4, -0.2) is 23.1 Å². The molecular formula is C12H19N3O. The normalized spacial score (nSPS) is 15.7. The third-order valence-corrected chi connectivity index (χ3v) is 3.06. The molecule has 4 heteroatoms. The Morgan fingerprint density at radius 1 is 1.44 bits per heavy atom. The van der Waals surface area contributed by atoms with Crippen molar-refractivity contribution in [1.29, 1.82) is 0 Å². The summed E-state index contributed by atoms with van der Waals surface area (Å²) in [6, 6.07) is 0. The van der Waals surface area contributed by atoms with Gasteiger partial charge in [0.15, 0.2) is 0 Å². The summed E-state index contributed by atoms with van der Waals surface area (Å²) >= 11 is 0. The van der Waals surface area contributed by atoms with Crippen LogP contribution < -0.4 is 10.5 Å². The maximum absolute atomic E-state index is 11.8. The summed E-state index contributed by atoms with van der Waals surface area (Å²) < 4.78 is 0. The molecule has 0 saturated carbocycles. The highest BCUT2D eigenvalue weighted by molar-refractivity contribution is 5.31. The molecule has 0 aromatic carbocycles. The van der Waals surface area contributed by atoms with E-state index in [9.17, 15) is 4.79 Å². The van der Waals surface area contributed by atoms with E-state index in [1.165, 1.54) is 12.8 Å². The number of hydrogen-bond donors (Lipinski definition) is 1. The van der Waals surface area contributed by atoms with Crippen LogP contribution in [0.3, 0.4) is 0 Å². The van der Waals surface area contributed by atoms with E-state index in [4.69, 9.17) is 0 Å². The van der Waals surface area contributed by atoms with E-state index in [-0.39, 0.29) is 5.56 Å². The van der Waals surface area contributed by atoms with Gasteiger partial charge in [0, 0.05) is 24.8 Å². The zero-order chi connectivity index (χ0) is 11.4. The van der Waals surface area contributed by atoms with Crippen LogP contribution >= 0.6 is 0 Å². The molecule has 0 radical (unpaired) electrons. The smallest absolute Gasteiger partial charge is 0.255 e. The standard InChI is InChI=1S/C12H19N3O/c1-2-3-6-10-9-13-12(14-11(10)16)15-7-4-5-8-15/h9H,2-8H2,1H3,(H,13,14,16). The minimum atomic E-state index is 0.0327. The van der Waals surface area contributed by atoms with Crippen LogP contribution in [-0.2, 0) is 6.42 Å². The Hall–Kier alpha value is -1.32. The second-order valence-corrected chi connectivity index (χ2v) is 4.36. The summed E-state index contributed by atoms with van der Waals surface area (Å²) in [6.07, 6.45) is 7.12. The van der Waals surface area contributed by atoms with Crippen LogP contribution in [0.1, 0.15) is 38.2 Å². The summed E-state index contributed by atoms with van der Waals surface area (Å²) in [6.45, 7) is 4.15. The zero-order valence-corrected chi connectivity index (χ0v) is 9.83. The molecule has 1 saturated heterocycles. The van der Waals surface area contributed by atoms with Gasteiger partial charge in [-0.2, -0.15) is 0 Å². The van der Waals surface area contributed by atoms with E-state index in [0.717, 1.165) is 43.9 Å². The molecule has 1 aliphatic heterocycles. The molecule has 1 aliphatic rings. The minimum absolute atomic E-state index is 0.0327. The van der Waals surface area contributed by atoms with Crippen LogP contribution in [0, 0.1) is 0 Å². The number of rotatable bonds is 4. The van der Waals surface area contributed by atoms with E-state index in [1.807, 2.05) is 0 Å². The maximum Gasteiger partial charge on any atom is 0.255 e. The van der Waals surface area contributed by atoms with Gasteiger partial charge in [0.25, 0.3) is 5.56 Å². The van der Waals surface area contributed by atoms with Gasteiger partial charge in [0.1, 0.15) is 0 Å². The summed E-state index contributed by atoms with van der Waals surface area (Å²) in [7, 11) is 0. The number of aromatic nitrogens is 2. The average Bonchev–Trinajstić information content (AvgIpc) is 2.81. The van der Waals surface area contributed by atoms with Crippen molar-refractivity contribution in [2.75, 3.05) is 18.0 Å². The number of unbranched alkanes of at least 4 members (excludes halogenated alkanes) is 1. The Morgan fingerprint density at radius 3 is 2.81 bits per heavy atom. The Labute approximate surface area is 95.7 Å². The number of aromatic amines is 1. The first-order chi connectivity index (χ1) is 7.81. The van der Waals surface area contributed by atoms with Crippen molar-refractivity contribution in [2.24, 2.45) is 0 Å². The fraction of sp³-hybridized carbons (Fsp3) is 0.667. The molecule has 0 unspecified atom stereocenters. The minimum Gasteiger partial charge on any atom is -0.342 e.